The summed E-state index contributed by atoms with van der Waals surface area (Å²) >= 11 is 21.7. The average Bonchev–Trinajstić information content (AvgIpc) is 3.08. The van der Waals surface area contributed by atoms with Crippen molar-refractivity contribution in [3.63, 3.8) is 0 Å². The molecule has 0 aliphatic carbocycles. The quantitative estimate of drug-likeness (QED) is 0.0478. The maximum absolute atomic E-state index is 8.84. The monoisotopic (exact) mass is 760 g/mol. The van der Waals surface area contributed by atoms with E-state index in [1.165, 1.54) is 11.1 Å². The first-order chi connectivity index (χ1) is 23.3. The van der Waals surface area contributed by atoms with E-state index in [1.54, 1.807) is 12.1 Å². The number of diazo groups is 2. The minimum Gasteiger partial charge on any atom is -0.759 e. The van der Waals surface area contributed by atoms with E-state index in [2.05, 4.69) is 82.1 Å². The number of nitrogens with zero attached hydrogens (tertiary/aromatic N) is 6. The molecule has 15 heteroatoms. The fraction of sp³-hybridized carbons (Fsp3) is 0.294. The van der Waals surface area contributed by atoms with Crippen LogP contribution in [0.1, 0.15) is 37.8 Å². The minimum atomic E-state index is -5.17. The van der Waals surface area contributed by atoms with Gasteiger partial charge in [-0.25, -0.2) is 0 Å². The van der Waals surface area contributed by atoms with E-state index in [0.29, 0.717) is 21.4 Å². The predicted molar refractivity (Wildman–Crippen MR) is 204 cm³/mol. The van der Waals surface area contributed by atoms with E-state index in [1.807, 2.05) is 36.4 Å². The number of hydrogen-bond donors (Lipinski definition) is 2. The highest BCUT2D eigenvalue weighted by Crippen LogP contribution is 2.33. The van der Waals surface area contributed by atoms with Crippen molar-refractivity contribution in [2.75, 3.05) is 22.9 Å². The van der Waals surface area contributed by atoms with Crippen LogP contribution in [0.4, 0.5) is 22.7 Å². The highest BCUT2D eigenvalue weighted by molar-refractivity contribution is 7.81. The molecule has 0 amide bonds. The van der Waals surface area contributed by atoms with Crippen molar-refractivity contribution >= 4 is 81.6 Å². The summed E-state index contributed by atoms with van der Waals surface area (Å²) in [5.74, 6) is 0. The Kier molecular flexibility index (Phi) is 18.3. The van der Waals surface area contributed by atoms with Crippen LogP contribution in [0.5, 0.6) is 0 Å². The maximum atomic E-state index is 8.84. The van der Waals surface area contributed by atoms with Crippen molar-refractivity contribution in [3.05, 3.63) is 128 Å². The van der Waals surface area contributed by atoms with Crippen molar-refractivity contribution in [3.8, 4) is 0 Å². The van der Waals surface area contributed by atoms with Crippen molar-refractivity contribution in [1.82, 2.24) is 0 Å². The molecule has 260 valence electrons. The summed E-state index contributed by atoms with van der Waals surface area (Å²) in [5.41, 5.74) is 5.33. The van der Waals surface area contributed by atoms with Gasteiger partial charge in [0.25, 0.3) is 0 Å². The zero-order valence-corrected chi connectivity index (χ0v) is 31.1. The van der Waals surface area contributed by atoms with Crippen LogP contribution in [-0.2, 0) is 23.2 Å². The molecule has 0 spiro atoms. The number of anilines is 2. The number of aryl methyl sites for hydroxylation is 2. The van der Waals surface area contributed by atoms with Gasteiger partial charge >= 0.3 is 11.4 Å². The van der Waals surface area contributed by atoms with Crippen molar-refractivity contribution < 1.29 is 17.5 Å². The molecule has 0 aromatic heterocycles. The van der Waals surface area contributed by atoms with E-state index in [4.69, 9.17) is 76.8 Å². The van der Waals surface area contributed by atoms with Crippen LogP contribution in [0.25, 0.3) is 9.95 Å². The molecule has 0 saturated heterocycles. The summed E-state index contributed by atoms with van der Waals surface area (Å²) in [6.07, 6.45) is 3.82. The van der Waals surface area contributed by atoms with Gasteiger partial charge in [-0.3, -0.25) is 8.42 Å². The van der Waals surface area contributed by atoms with Gasteiger partial charge in [0.05, 0.1) is 10.7 Å². The van der Waals surface area contributed by atoms with Gasteiger partial charge in [-0.05, 0) is 74.9 Å². The largest absolute Gasteiger partial charge is 0.759 e. The summed E-state index contributed by atoms with van der Waals surface area (Å²) < 4.78 is 34.1. The molecule has 0 bridgehead atoms. The van der Waals surface area contributed by atoms with E-state index in [9.17, 15) is 0 Å². The molecule has 4 rings (SSSR count). The van der Waals surface area contributed by atoms with Crippen LogP contribution in [0.15, 0.2) is 97.1 Å². The first kappa shape index (κ1) is 41.6. The molecule has 4 aromatic carbocycles. The molecule has 10 nitrogen and oxygen atoms in total. The number of benzene rings is 4. The van der Waals surface area contributed by atoms with Crippen molar-refractivity contribution in [1.29, 1.82) is 10.8 Å². The van der Waals surface area contributed by atoms with Crippen LogP contribution < -0.4 is 9.80 Å². The Morgan fingerprint density at radius 3 is 1.27 bits per heavy atom. The molecule has 0 heterocycles. The molecule has 49 heavy (non-hydrogen) atoms. The molecule has 2 unspecified atom stereocenters. The number of thiol groups is 2. The van der Waals surface area contributed by atoms with E-state index in [-0.39, 0.29) is 10.7 Å². The van der Waals surface area contributed by atoms with E-state index in [0.717, 1.165) is 50.1 Å². The highest BCUT2D eigenvalue weighted by Gasteiger charge is 2.19. The second-order valence-corrected chi connectivity index (χ2v) is 13.3. The standard InChI is InChI=1S/2C17H18ClN3S.H2O4S/c2*1-2-21(14-9-10-16(20-19)15(18)12-14)17(22)11-8-13-6-4-3-5-7-13;1-5(2,3)4/h2*3-7,9-10,12,17H,2,8,11H2,1H3;(H2,1,2,3,4). The fourth-order valence-corrected chi connectivity index (χ4v) is 6.11. The van der Waals surface area contributed by atoms with Gasteiger partial charge in [-0.2, -0.15) is 25.3 Å². The lowest BCUT2D eigenvalue weighted by molar-refractivity contribution is 0.352. The second kappa shape index (κ2) is 21.5. The summed E-state index contributed by atoms with van der Waals surface area (Å²) in [4.78, 5) is 10.7. The van der Waals surface area contributed by atoms with E-state index >= 15 is 0 Å². The number of rotatable bonds is 12. The molecule has 0 aliphatic rings. The first-order valence-electron chi connectivity index (χ1n) is 15.2. The molecule has 0 aliphatic heterocycles. The van der Waals surface area contributed by atoms with Crippen LogP contribution in [0.3, 0.4) is 0 Å². The highest BCUT2D eigenvalue weighted by atomic mass is 35.5. The van der Waals surface area contributed by atoms with Gasteiger partial charge in [0.1, 0.15) is 10.0 Å². The van der Waals surface area contributed by atoms with Gasteiger partial charge in [0.2, 0.25) is 10.8 Å². The van der Waals surface area contributed by atoms with Crippen LogP contribution in [0.2, 0.25) is 10.0 Å². The van der Waals surface area contributed by atoms with Gasteiger partial charge in [-0.15, -0.1) is 0 Å². The summed E-state index contributed by atoms with van der Waals surface area (Å²) in [5, 5.41) is 18.7. The number of hydrogen-bond acceptors (Lipinski definition) is 10. The lowest BCUT2D eigenvalue weighted by Crippen LogP contribution is -2.31. The lowest BCUT2D eigenvalue weighted by Gasteiger charge is -2.29. The third-order valence-corrected chi connectivity index (χ3v) is 8.89. The predicted octanol–water partition coefficient (Wildman–Crippen LogP) is 9.74. The Morgan fingerprint density at radius 2 is 1.00 bits per heavy atom. The Balaban J connectivity index is 0.000000299. The van der Waals surface area contributed by atoms with E-state index < -0.39 is 10.4 Å². The van der Waals surface area contributed by atoms with Crippen molar-refractivity contribution in [2.45, 2.75) is 50.3 Å². The van der Waals surface area contributed by atoms with Crippen LogP contribution >= 0.6 is 48.5 Å². The normalized spacial score (nSPS) is 11.7. The second-order valence-electron chi connectivity index (χ2n) is 10.5. The smallest absolute Gasteiger partial charge is 0.403 e. The first-order valence-corrected chi connectivity index (χ1v) is 18.4. The summed E-state index contributed by atoms with van der Waals surface area (Å²) in [6.45, 7) is 5.83. The number of halogens is 2. The molecule has 0 fully saturated rings. The topological polar surface area (TPSA) is 143 Å². The maximum Gasteiger partial charge on any atom is 0.403 e. The third kappa shape index (κ3) is 15.3. The molecule has 4 aromatic rings. The van der Waals surface area contributed by atoms with Crippen LogP contribution in [-0.4, -0.2) is 41.4 Å². The fourth-order valence-electron chi connectivity index (χ4n) is 4.83. The van der Waals surface area contributed by atoms with Crippen LogP contribution in [0, 0.1) is 10.8 Å². The summed E-state index contributed by atoms with van der Waals surface area (Å²) in [6, 6.07) is 31.6. The average molecular weight is 762 g/mol. The lowest BCUT2D eigenvalue weighted by atomic mass is 10.1. The Morgan fingerprint density at radius 1 is 0.673 bits per heavy atom. The Hall–Kier alpha value is -3.53. The molecule has 0 N–H and O–H groups in total. The van der Waals surface area contributed by atoms with Gasteiger partial charge in [-0.1, -0.05) is 83.9 Å². The molecular formula is C34H38Cl2N6O4S3. The molecule has 2 atom stereocenters. The summed E-state index contributed by atoms with van der Waals surface area (Å²) in [7, 11) is -5.17. The Labute approximate surface area is 309 Å². The molecular weight excluding hydrogens is 724 g/mol. The van der Waals surface area contributed by atoms with Gasteiger partial charge < -0.3 is 18.9 Å². The third-order valence-electron chi connectivity index (χ3n) is 7.21. The Bertz CT molecular complexity index is 1670. The zero-order valence-electron chi connectivity index (χ0n) is 27.0. The SMILES string of the molecule is CCN(c1ccc([N+]#N)c(Cl)c1)C(S)CCc1ccccc1.CCN(c1ccc([N+]#N)c(Cl)c1)C(S)CCc1ccccc1.O=S(=O)([O-])[O-]. The molecule has 0 radical (unpaired) electrons. The zero-order chi connectivity index (χ0) is 36.4. The van der Waals surface area contributed by atoms with Gasteiger partial charge in [0, 0.05) is 47.0 Å². The minimum absolute atomic E-state index is 0.0955. The van der Waals surface area contributed by atoms with Crippen molar-refractivity contribution in [2.24, 2.45) is 0 Å². The molecule has 0 saturated carbocycles. The van der Waals surface area contributed by atoms with Gasteiger partial charge in [0.15, 0.2) is 9.95 Å².